The summed E-state index contributed by atoms with van der Waals surface area (Å²) in [7, 11) is 0. The van der Waals surface area contributed by atoms with Crippen LogP contribution in [0.4, 0.5) is 11.8 Å². The van der Waals surface area contributed by atoms with Gasteiger partial charge in [0.2, 0.25) is 11.9 Å². The molecule has 3 aliphatic heterocycles. The lowest BCUT2D eigenvalue weighted by molar-refractivity contribution is -0.137. The number of hydrogen-bond acceptors (Lipinski definition) is 6. The van der Waals surface area contributed by atoms with Crippen molar-refractivity contribution in [3.8, 4) is 0 Å². The summed E-state index contributed by atoms with van der Waals surface area (Å²) in [6.45, 7) is 10.5. The van der Waals surface area contributed by atoms with Gasteiger partial charge in [-0.3, -0.25) is 9.69 Å². The van der Waals surface area contributed by atoms with E-state index in [2.05, 4.69) is 38.8 Å². The van der Waals surface area contributed by atoms with E-state index in [0.717, 1.165) is 83.1 Å². The van der Waals surface area contributed by atoms with Gasteiger partial charge in [-0.25, -0.2) is 4.98 Å². The lowest BCUT2D eigenvalue weighted by atomic mass is 9.98. The van der Waals surface area contributed by atoms with Crippen LogP contribution >= 0.6 is 0 Å². The van der Waals surface area contributed by atoms with Crippen LogP contribution in [0.2, 0.25) is 0 Å². The number of rotatable bonds is 7. The third kappa shape index (κ3) is 5.72. The van der Waals surface area contributed by atoms with Crippen molar-refractivity contribution in [3.05, 3.63) is 12.3 Å². The quantitative estimate of drug-likeness (QED) is 0.693. The molecule has 0 saturated carbocycles. The van der Waals surface area contributed by atoms with Gasteiger partial charge in [0.15, 0.2) is 0 Å². The second-order valence-electron chi connectivity index (χ2n) is 9.83. The minimum absolute atomic E-state index is 0.206. The van der Waals surface area contributed by atoms with Crippen molar-refractivity contribution in [2.45, 2.75) is 83.7 Å². The summed E-state index contributed by atoms with van der Waals surface area (Å²) in [6, 6.07) is 3.05. The summed E-state index contributed by atoms with van der Waals surface area (Å²) < 4.78 is 0. The molecule has 3 fully saturated rings. The fourth-order valence-electron chi connectivity index (χ4n) is 5.66. The van der Waals surface area contributed by atoms with Crippen LogP contribution in [-0.4, -0.2) is 77.0 Å². The molecule has 0 aromatic carbocycles. The molecule has 1 N–H and O–H groups in total. The molecule has 4 heterocycles. The summed E-state index contributed by atoms with van der Waals surface area (Å²) in [5.74, 6) is 2.41. The van der Waals surface area contributed by atoms with Crippen molar-refractivity contribution >= 4 is 17.7 Å². The number of nitrogens with one attached hydrogen (secondary N) is 1. The molecule has 1 atom stereocenters. The third-order valence-corrected chi connectivity index (χ3v) is 7.75. The van der Waals surface area contributed by atoms with Crippen molar-refractivity contribution in [2.75, 3.05) is 49.5 Å². The maximum absolute atomic E-state index is 12.7. The highest BCUT2D eigenvalue weighted by atomic mass is 16.2. The van der Waals surface area contributed by atoms with E-state index >= 15 is 0 Å². The van der Waals surface area contributed by atoms with E-state index in [1.807, 2.05) is 12.3 Å². The van der Waals surface area contributed by atoms with Crippen molar-refractivity contribution < 1.29 is 4.79 Å². The Morgan fingerprint density at radius 3 is 2.44 bits per heavy atom. The Kier molecular flexibility index (Phi) is 8.22. The van der Waals surface area contributed by atoms with Crippen LogP contribution in [0.15, 0.2) is 12.3 Å². The molecule has 1 aromatic rings. The smallest absolute Gasteiger partial charge is 0.225 e. The van der Waals surface area contributed by atoms with Crippen molar-refractivity contribution in [2.24, 2.45) is 5.92 Å². The van der Waals surface area contributed by atoms with Crippen LogP contribution in [0.25, 0.3) is 0 Å². The SMILES string of the molecule is CCC(CC)C(=O)N1CCC(N2CCC(Nc3nccc(N4CCCCCC4)n3)C2)CC1. The number of nitrogens with zero attached hydrogens (tertiary/aromatic N) is 5. The first-order chi connectivity index (χ1) is 15.7. The van der Waals surface area contributed by atoms with Crippen LogP contribution in [0.1, 0.15) is 71.6 Å². The number of amides is 1. The lowest BCUT2D eigenvalue weighted by Crippen LogP contribution is -2.48. The summed E-state index contributed by atoms with van der Waals surface area (Å²) in [6.07, 6.45) is 12.3. The Bertz CT molecular complexity index is 723. The standard InChI is InChI=1S/C25H42N6O/c1-3-20(4-2)24(32)30-17-11-22(12-18-30)31-16-10-21(19-31)27-25-26-13-9-23(28-25)29-14-7-5-6-8-15-29/h9,13,20-22H,3-8,10-12,14-19H2,1-2H3,(H,26,27,28). The molecule has 4 rings (SSSR count). The molecule has 1 amide bonds. The number of likely N-dealkylation sites (tertiary alicyclic amines) is 2. The third-order valence-electron chi connectivity index (χ3n) is 7.75. The average molecular weight is 443 g/mol. The molecule has 1 aromatic heterocycles. The number of piperidine rings is 1. The highest BCUT2D eigenvalue weighted by Gasteiger charge is 2.33. The van der Waals surface area contributed by atoms with Gasteiger partial charge in [0.05, 0.1) is 0 Å². The van der Waals surface area contributed by atoms with Crippen LogP contribution in [-0.2, 0) is 4.79 Å². The van der Waals surface area contributed by atoms with Crippen LogP contribution in [0.3, 0.4) is 0 Å². The van der Waals surface area contributed by atoms with Crippen LogP contribution in [0, 0.1) is 5.92 Å². The average Bonchev–Trinajstić information content (AvgIpc) is 3.12. The molecule has 0 radical (unpaired) electrons. The minimum Gasteiger partial charge on any atom is -0.356 e. The van der Waals surface area contributed by atoms with Gasteiger partial charge in [0, 0.05) is 63.5 Å². The van der Waals surface area contributed by atoms with Gasteiger partial charge >= 0.3 is 0 Å². The first-order valence-electron chi connectivity index (χ1n) is 13.0. The largest absolute Gasteiger partial charge is 0.356 e. The highest BCUT2D eigenvalue weighted by molar-refractivity contribution is 5.78. The molecule has 0 spiro atoms. The van der Waals surface area contributed by atoms with Gasteiger partial charge in [-0.05, 0) is 51.0 Å². The zero-order valence-electron chi connectivity index (χ0n) is 20.1. The Morgan fingerprint density at radius 2 is 1.75 bits per heavy atom. The van der Waals surface area contributed by atoms with Gasteiger partial charge in [0.1, 0.15) is 5.82 Å². The van der Waals surface area contributed by atoms with Crippen LogP contribution < -0.4 is 10.2 Å². The van der Waals surface area contributed by atoms with E-state index < -0.39 is 0 Å². The molecule has 7 nitrogen and oxygen atoms in total. The second kappa shape index (κ2) is 11.3. The molecule has 3 saturated heterocycles. The van der Waals surface area contributed by atoms with E-state index in [4.69, 9.17) is 4.98 Å². The monoisotopic (exact) mass is 442 g/mol. The molecule has 3 aliphatic rings. The molecule has 0 aliphatic carbocycles. The van der Waals surface area contributed by atoms with Gasteiger partial charge < -0.3 is 15.1 Å². The molecule has 0 bridgehead atoms. The highest BCUT2D eigenvalue weighted by Crippen LogP contribution is 2.25. The normalized spacial score (nSPS) is 23.5. The number of aromatic nitrogens is 2. The van der Waals surface area contributed by atoms with Crippen molar-refractivity contribution in [1.29, 1.82) is 0 Å². The molecular weight excluding hydrogens is 400 g/mol. The Hall–Kier alpha value is -1.89. The van der Waals surface area contributed by atoms with E-state index in [0.29, 0.717) is 18.0 Å². The minimum atomic E-state index is 0.206. The number of carbonyl (C=O) groups excluding carboxylic acids is 1. The molecule has 1 unspecified atom stereocenters. The molecule has 32 heavy (non-hydrogen) atoms. The molecular formula is C25H42N6O. The number of hydrogen-bond donors (Lipinski definition) is 1. The maximum Gasteiger partial charge on any atom is 0.225 e. The first kappa shape index (κ1) is 23.3. The van der Waals surface area contributed by atoms with Gasteiger partial charge in [-0.1, -0.05) is 26.7 Å². The summed E-state index contributed by atoms with van der Waals surface area (Å²) in [5, 5.41) is 3.61. The predicted octanol–water partition coefficient (Wildman–Crippen LogP) is 3.77. The summed E-state index contributed by atoms with van der Waals surface area (Å²) >= 11 is 0. The Labute approximate surface area is 194 Å². The molecule has 178 valence electrons. The predicted molar refractivity (Wildman–Crippen MR) is 130 cm³/mol. The maximum atomic E-state index is 12.7. The fourth-order valence-corrected chi connectivity index (χ4v) is 5.66. The molecule has 7 heteroatoms. The van der Waals surface area contributed by atoms with E-state index in [1.54, 1.807) is 0 Å². The van der Waals surface area contributed by atoms with Crippen molar-refractivity contribution in [1.82, 2.24) is 19.8 Å². The zero-order valence-corrected chi connectivity index (χ0v) is 20.1. The summed E-state index contributed by atoms with van der Waals surface area (Å²) in [5.41, 5.74) is 0. The van der Waals surface area contributed by atoms with Gasteiger partial charge in [-0.2, -0.15) is 4.98 Å². The number of anilines is 2. The van der Waals surface area contributed by atoms with Gasteiger partial charge in [0.25, 0.3) is 0 Å². The Morgan fingerprint density at radius 1 is 1.03 bits per heavy atom. The van der Waals surface area contributed by atoms with E-state index in [-0.39, 0.29) is 5.92 Å². The summed E-state index contributed by atoms with van der Waals surface area (Å²) in [4.78, 5) is 29.2. The van der Waals surface area contributed by atoms with E-state index in [9.17, 15) is 4.79 Å². The fraction of sp³-hybridized carbons (Fsp3) is 0.800. The van der Waals surface area contributed by atoms with Crippen LogP contribution in [0.5, 0.6) is 0 Å². The second-order valence-corrected chi connectivity index (χ2v) is 9.83. The zero-order chi connectivity index (χ0) is 22.3. The Balaban J connectivity index is 1.26. The van der Waals surface area contributed by atoms with Crippen molar-refractivity contribution in [3.63, 3.8) is 0 Å². The number of carbonyl (C=O) groups is 1. The lowest BCUT2D eigenvalue weighted by Gasteiger charge is -2.38. The topological polar surface area (TPSA) is 64.6 Å². The first-order valence-corrected chi connectivity index (χ1v) is 13.0. The van der Waals surface area contributed by atoms with Gasteiger partial charge in [-0.15, -0.1) is 0 Å². The van der Waals surface area contributed by atoms with E-state index in [1.165, 1.54) is 25.7 Å².